The molecule has 0 aromatic rings. The lowest BCUT2D eigenvalue weighted by Gasteiger charge is -2.04. The highest BCUT2D eigenvalue weighted by Gasteiger charge is 1.96. The van der Waals surface area contributed by atoms with Gasteiger partial charge in [0.2, 0.25) is 0 Å². The maximum Gasteiger partial charge on any atom is 0.00813 e. The second kappa shape index (κ2) is 16.8. The Kier molecular flexibility index (Phi) is 17.4. The monoisotopic (exact) mass is 380 g/mol. The van der Waals surface area contributed by atoms with E-state index in [9.17, 15) is 0 Å². The topological polar surface area (TPSA) is 0 Å². The highest BCUT2D eigenvalue weighted by Crippen LogP contribution is 2.15. The lowest BCUT2D eigenvalue weighted by molar-refractivity contribution is 0.533. The molecule has 0 aliphatic carbocycles. The van der Waals surface area contributed by atoms with Crippen molar-refractivity contribution in [2.45, 2.75) is 114 Å². The molecular formula is C18H37I. The molecule has 0 N–H and O–H groups in total. The standard InChI is InChI=1S/C18H37I/c1-3-4-5-6-7-8-9-10-11-12-13-14-15-16-17-18(2)19/h18H,3-17H2,1-2H3. The quantitative estimate of drug-likeness (QED) is 0.155. The van der Waals surface area contributed by atoms with Crippen molar-refractivity contribution in [1.29, 1.82) is 0 Å². The van der Waals surface area contributed by atoms with Crippen LogP contribution < -0.4 is 0 Å². The molecule has 0 spiro atoms. The van der Waals surface area contributed by atoms with Crippen LogP contribution >= 0.6 is 22.6 Å². The van der Waals surface area contributed by atoms with Crippen LogP contribution in [0.25, 0.3) is 0 Å². The fourth-order valence-corrected chi connectivity index (χ4v) is 3.06. The van der Waals surface area contributed by atoms with Gasteiger partial charge in [0.1, 0.15) is 0 Å². The first-order chi connectivity index (χ1) is 9.27. The van der Waals surface area contributed by atoms with Gasteiger partial charge in [-0.2, -0.15) is 0 Å². The van der Waals surface area contributed by atoms with Crippen LogP contribution in [0.4, 0.5) is 0 Å². The Morgan fingerprint density at radius 1 is 0.579 bits per heavy atom. The van der Waals surface area contributed by atoms with Gasteiger partial charge < -0.3 is 0 Å². The number of halogens is 1. The van der Waals surface area contributed by atoms with E-state index in [1.807, 2.05) is 0 Å². The average Bonchev–Trinajstić information content (AvgIpc) is 2.39. The van der Waals surface area contributed by atoms with E-state index in [1.165, 1.54) is 96.3 Å². The zero-order valence-corrected chi connectivity index (χ0v) is 15.7. The minimum Gasteiger partial charge on any atom is -0.0829 e. The normalized spacial score (nSPS) is 12.8. The van der Waals surface area contributed by atoms with E-state index in [4.69, 9.17) is 0 Å². The Labute approximate surface area is 136 Å². The van der Waals surface area contributed by atoms with Crippen LogP contribution in [-0.2, 0) is 0 Å². The predicted octanol–water partition coefficient (Wildman–Crippen LogP) is 7.68. The van der Waals surface area contributed by atoms with Crippen molar-refractivity contribution in [3.63, 3.8) is 0 Å². The molecule has 0 heterocycles. The van der Waals surface area contributed by atoms with E-state index in [-0.39, 0.29) is 0 Å². The second-order valence-electron chi connectivity index (χ2n) is 6.17. The van der Waals surface area contributed by atoms with Gasteiger partial charge in [0.15, 0.2) is 0 Å². The second-order valence-corrected chi connectivity index (χ2v) is 8.29. The van der Waals surface area contributed by atoms with Crippen LogP contribution in [-0.4, -0.2) is 3.92 Å². The minimum atomic E-state index is 0.870. The van der Waals surface area contributed by atoms with Gasteiger partial charge in [0, 0.05) is 3.92 Å². The number of unbranched alkanes of at least 4 members (excludes halogenated alkanes) is 13. The lowest BCUT2D eigenvalue weighted by atomic mass is 10.0. The number of hydrogen-bond donors (Lipinski definition) is 0. The summed E-state index contributed by atoms with van der Waals surface area (Å²) in [5.74, 6) is 0. The molecule has 0 aliphatic rings. The highest BCUT2D eigenvalue weighted by atomic mass is 127. The molecule has 0 aromatic carbocycles. The molecule has 0 bridgehead atoms. The first-order valence-electron chi connectivity index (χ1n) is 8.91. The van der Waals surface area contributed by atoms with Crippen molar-refractivity contribution in [3.8, 4) is 0 Å². The molecule has 0 amide bonds. The number of alkyl halides is 1. The van der Waals surface area contributed by atoms with Gasteiger partial charge in [-0.15, -0.1) is 0 Å². The van der Waals surface area contributed by atoms with E-state index in [0.29, 0.717) is 0 Å². The molecule has 1 heteroatoms. The van der Waals surface area contributed by atoms with Gasteiger partial charge in [-0.1, -0.05) is 126 Å². The van der Waals surface area contributed by atoms with Crippen LogP contribution in [0.3, 0.4) is 0 Å². The van der Waals surface area contributed by atoms with Crippen LogP contribution in [0.5, 0.6) is 0 Å². The lowest BCUT2D eigenvalue weighted by Crippen LogP contribution is -1.89. The molecule has 0 aliphatic heterocycles. The zero-order valence-electron chi connectivity index (χ0n) is 13.6. The highest BCUT2D eigenvalue weighted by molar-refractivity contribution is 14.1. The minimum absolute atomic E-state index is 0.870. The van der Waals surface area contributed by atoms with E-state index in [1.54, 1.807) is 0 Å². The summed E-state index contributed by atoms with van der Waals surface area (Å²) in [4.78, 5) is 0. The maximum absolute atomic E-state index is 2.54. The third kappa shape index (κ3) is 18.7. The summed E-state index contributed by atoms with van der Waals surface area (Å²) in [5.41, 5.74) is 0. The summed E-state index contributed by atoms with van der Waals surface area (Å²) < 4.78 is 0.870. The van der Waals surface area contributed by atoms with Crippen LogP contribution in [0.15, 0.2) is 0 Å². The summed E-state index contributed by atoms with van der Waals surface area (Å²) in [6.45, 7) is 4.62. The van der Waals surface area contributed by atoms with Gasteiger partial charge in [-0.25, -0.2) is 0 Å². The first kappa shape index (κ1) is 19.7. The van der Waals surface area contributed by atoms with E-state index < -0.39 is 0 Å². The Balaban J connectivity index is 2.91. The number of rotatable bonds is 15. The summed E-state index contributed by atoms with van der Waals surface area (Å²) in [6.07, 6.45) is 21.9. The SMILES string of the molecule is CCCCCCCCCCCCCCCCC(C)I. The van der Waals surface area contributed by atoms with Gasteiger partial charge in [-0.3, -0.25) is 0 Å². The number of hydrogen-bond acceptors (Lipinski definition) is 0. The summed E-state index contributed by atoms with van der Waals surface area (Å²) >= 11 is 2.54. The summed E-state index contributed by atoms with van der Waals surface area (Å²) in [5, 5.41) is 0. The van der Waals surface area contributed by atoms with Crippen molar-refractivity contribution in [2.75, 3.05) is 0 Å². The molecule has 0 aromatic heterocycles. The Morgan fingerprint density at radius 3 is 1.21 bits per heavy atom. The average molecular weight is 380 g/mol. The molecule has 0 radical (unpaired) electrons. The molecule has 0 saturated carbocycles. The molecule has 1 atom stereocenters. The van der Waals surface area contributed by atoms with Crippen molar-refractivity contribution in [2.24, 2.45) is 0 Å². The zero-order chi connectivity index (χ0) is 14.2. The summed E-state index contributed by atoms with van der Waals surface area (Å²) in [7, 11) is 0. The van der Waals surface area contributed by atoms with Crippen molar-refractivity contribution < 1.29 is 0 Å². The Bertz CT molecular complexity index is 154. The molecule has 116 valence electrons. The first-order valence-corrected chi connectivity index (χ1v) is 10.2. The van der Waals surface area contributed by atoms with Crippen LogP contribution in [0, 0.1) is 0 Å². The van der Waals surface area contributed by atoms with E-state index >= 15 is 0 Å². The van der Waals surface area contributed by atoms with Gasteiger partial charge >= 0.3 is 0 Å². The summed E-state index contributed by atoms with van der Waals surface area (Å²) in [6, 6.07) is 0. The van der Waals surface area contributed by atoms with Crippen LogP contribution in [0.1, 0.15) is 110 Å². The predicted molar refractivity (Wildman–Crippen MR) is 98.4 cm³/mol. The van der Waals surface area contributed by atoms with Crippen molar-refractivity contribution >= 4 is 22.6 Å². The van der Waals surface area contributed by atoms with Crippen molar-refractivity contribution in [1.82, 2.24) is 0 Å². The fourth-order valence-electron chi connectivity index (χ4n) is 2.62. The smallest absolute Gasteiger partial charge is 0.00813 e. The van der Waals surface area contributed by atoms with Crippen LogP contribution in [0.2, 0.25) is 0 Å². The third-order valence-corrected chi connectivity index (χ3v) is 4.58. The van der Waals surface area contributed by atoms with Crippen molar-refractivity contribution in [3.05, 3.63) is 0 Å². The van der Waals surface area contributed by atoms with E-state index in [0.717, 1.165) is 3.92 Å². The largest absolute Gasteiger partial charge is 0.0829 e. The molecule has 0 saturated heterocycles. The fraction of sp³-hybridized carbons (Fsp3) is 1.00. The third-order valence-electron chi connectivity index (χ3n) is 3.96. The van der Waals surface area contributed by atoms with Gasteiger partial charge in [0.05, 0.1) is 0 Å². The Hall–Kier alpha value is 0.730. The molecule has 19 heavy (non-hydrogen) atoms. The van der Waals surface area contributed by atoms with E-state index in [2.05, 4.69) is 36.4 Å². The molecule has 1 unspecified atom stereocenters. The van der Waals surface area contributed by atoms with Gasteiger partial charge in [-0.05, 0) is 6.42 Å². The molecule has 0 rings (SSSR count). The molecular weight excluding hydrogens is 343 g/mol. The maximum atomic E-state index is 2.54. The Morgan fingerprint density at radius 2 is 0.895 bits per heavy atom. The molecule has 0 nitrogen and oxygen atoms in total. The van der Waals surface area contributed by atoms with Gasteiger partial charge in [0.25, 0.3) is 0 Å². The molecule has 0 fully saturated rings.